The SMILES string of the molecule is CS(=O)(=O)Nc1cc(NC(=O)Nc2ccc(CSc3ccc(SC(F)(F)F)cc3)cc2)ccc1O. The molecule has 0 aliphatic heterocycles. The van der Waals surface area contributed by atoms with Crippen molar-refractivity contribution in [3.8, 4) is 5.75 Å². The number of carbonyl (C=O) groups is 1. The van der Waals surface area contributed by atoms with Gasteiger partial charge in [0, 0.05) is 26.9 Å². The molecule has 35 heavy (non-hydrogen) atoms. The molecule has 0 spiro atoms. The van der Waals surface area contributed by atoms with Crippen molar-refractivity contribution in [3.05, 3.63) is 72.3 Å². The Balaban J connectivity index is 1.52. The molecule has 0 fully saturated rings. The Kier molecular flexibility index (Phi) is 8.46. The summed E-state index contributed by atoms with van der Waals surface area (Å²) in [6, 6.07) is 16.5. The number of benzene rings is 3. The molecule has 0 unspecified atom stereocenters. The second kappa shape index (κ2) is 11.1. The van der Waals surface area contributed by atoms with Crippen LogP contribution >= 0.6 is 23.5 Å². The van der Waals surface area contributed by atoms with E-state index in [2.05, 4.69) is 15.4 Å². The van der Waals surface area contributed by atoms with Gasteiger partial charge in [-0.2, -0.15) is 13.2 Å². The van der Waals surface area contributed by atoms with Crippen molar-refractivity contribution in [1.29, 1.82) is 0 Å². The zero-order valence-electron chi connectivity index (χ0n) is 18.1. The van der Waals surface area contributed by atoms with Crippen molar-refractivity contribution in [2.24, 2.45) is 0 Å². The van der Waals surface area contributed by atoms with Crippen LogP contribution in [0.3, 0.4) is 0 Å². The first kappa shape index (κ1) is 26.6. The van der Waals surface area contributed by atoms with E-state index < -0.39 is 21.6 Å². The summed E-state index contributed by atoms with van der Waals surface area (Å²) < 4.78 is 62.2. The Labute approximate surface area is 208 Å². The van der Waals surface area contributed by atoms with Crippen LogP contribution in [0.1, 0.15) is 5.56 Å². The Hall–Kier alpha value is -3.03. The molecule has 13 heteroatoms. The Morgan fingerprint density at radius 3 is 2.09 bits per heavy atom. The maximum absolute atomic E-state index is 12.4. The molecule has 0 aliphatic carbocycles. The van der Waals surface area contributed by atoms with Gasteiger partial charge in [0.15, 0.2) is 0 Å². The number of anilines is 3. The van der Waals surface area contributed by atoms with Gasteiger partial charge in [0.25, 0.3) is 0 Å². The van der Waals surface area contributed by atoms with Gasteiger partial charge >= 0.3 is 11.5 Å². The zero-order chi connectivity index (χ0) is 25.6. The van der Waals surface area contributed by atoms with Crippen molar-refractivity contribution in [2.75, 3.05) is 21.6 Å². The van der Waals surface area contributed by atoms with Gasteiger partial charge < -0.3 is 15.7 Å². The number of rotatable bonds is 8. The lowest BCUT2D eigenvalue weighted by molar-refractivity contribution is -0.0328. The second-order valence-electron chi connectivity index (χ2n) is 7.19. The minimum Gasteiger partial charge on any atom is -0.506 e. The normalized spacial score (nSPS) is 11.7. The standard InChI is InChI=1S/C22H20F3N3O4S3/c1-35(31,32)28-19-12-16(6-11-20(19)29)27-21(30)26-15-4-2-14(3-5-15)13-33-17-7-9-18(10-8-17)34-22(23,24)25/h2-12,28-29H,13H2,1H3,(H2,26,27,30). The predicted molar refractivity (Wildman–Crippen MR) is 134 cm³/mol. The Morgan fingerprint density at radius 1 is 0.914 bits per heavy atom. The number of hydrogen-bond acceptors (Lipinski definition) is 6. The van der Waals surface area contributed by atoms with Crippen LogP contribution in [0.25, 0.3) is 0 Å². The summed E-state index contributed by atoms with van der Waals surface area (Å²) in [4.78, 5) is 13.2. The maximum atomic E-state index is 12.4. The molecule has 0 bridgehead atoms. The van der Waals surface area contributed by atoms with Gasteiger partial charge in [0.1, 0.15) is 5.75 Å². The smallest absolute Gasteiger partial charge is 0.446 e. The van der Waals surface area contributed by atoms with Gasteiger partial charge in [0.05, 0.1) is 11.9 Å². The third-order valence-electron chi connectivity index (χ3n) is 4.22. The summed E-state index contributed by atoms with van der Waals surface area (Å²) in [5, 5.41) is 15.0. The number of halogens is 3. The van der Waals surface area contributed by atoms with Gasteiger partial charge in [-0.1, -0.05) is 12.1 Å². The monoisotopic (exact) mass is 543 g/mol. The first-order chi connectivity index (χ1) is 16.4. The molecule has 0 aromatic heterocycles. The fourth-order valence-corrected chi connectivity index (χ4v) is 4.73. The topological polar surface area (TPSA) is 108 Å². The van der Waals surface area contributed by atoms with Gasteiger partial charge in [-0.3, -0.25) is 4.72 Å². The van der Waals surface area contributed by atoms with E-state index in [1.165, 1.54) is 42.1 Å². The molecular formula is C22H20F3N3O4S3. The number of amides is 2. The van der Waals surface area contributed by atoms with Crippen LogP contribution in [0, 0.1) is 0 Å². The number of alkyl halides is 3. The number of aromatic hydroxyl groups is 1. The lowest BCUT2D eigenvalue weighted by Gasteiger charge is -2.11. The molecule has 0 heterocycles. The third-order valence-corrected chi connectivity index (χ3v) is 6.64. The molecule has 0 aliphatic rings. The number of nitrogens with one attached hydrogen (secondary N) is 3. The highest BCUT2D eigenvalue weighted by atomic mass is 32.2. The number of phenolic OH excluding ortho intramolecular Hbond substituents is 1. The fraction of sp³-hybridized carbons (Fsp3) is 0.136. The highest BCUT2D eigenvalue weighted by molar-refractivity contribution is 8.00. The van der Waals surface area contributed by atoms with Crippen molar-refractivity contribution in [2.45, 2.75) is 21.1 Å². The van der Waals surface area contributed by atoms with Gasteiger partial charge in [-0.15, -0.1) is 11.8 Å². The lowest BCUT2D eigenvalue weighted by Crippen LogP contribution is -2.19. The summed E-state index contributed by atoms with van der Waals surface area (Å²) in [6.45, 7) is 0. The number of carbonyl (C=O) groups excluding carboxylic acids is 1. The minimum atomic E-state index is -4.32. The molecule has 2 amide bonds. The van der Waals surface area contributed by atoms with E-state index >= 15 is 0 Å². The quantitative estimate of drug-likeness (QED) is 0.151. The summed E-state index contributed by atoms with van der Waals surface area (Å²) in [5.41, 5.74) is -2.66. The molecule has 186 valence electrons. The van der Waals surface area contributed by atoms with Crippen LogP contribution in [-0.2, 0) is 15.8 Å². The van der Waals surface area contributed by atoms with Gasteiger partial charge in [-0.25, -0.2) is 13.2 Å². The van der Waals surface area contributed by atoms with E-state index in [0.29, 0.717) is 11.4 Å². The van der Waals surface area contributed by atoms with Gasteiger partial charge in [-0.05, 0) is 71.9 Å². The van der Waals surface area contributed by atoms with Crippen molar-refractivity contribution < 1.29 is 31.5 Å². The molecule has 0 atom stereocenters. The zero-order valence-corrected chi connectivity index (χ0v) is 20.5. The molecule has 0 saturated carbocycles. The maximum Gasteiger partial charge on any atom is 0.446 e. The first-order valence-electron chi connectivity index (χ1n) is 9.83. The molecule has 3 aromatic carbocycles. The lowest BCUT2D eigenvalue weighted by atomic mass is 10.2. The van der Waals surface area contributed by atoms with Crippen LogP contribution in [0.2, 0.25) is 0 Å². The molecule has 3 rings (SSSR count). The number of thioether (sulfide) groups is 2. The van der Waals surface area contributed by atoms with E-state index in [1.807, 2.05) is 12.1 Å². The van der Waals surface area contributed by atoms with Gasteiger partial charge in [0.2, 0.25) is 10.0 Å². The number of urea groups is 1. The van der Waals surface area contributed by atoms with E-state index in [-0.39, 0.29) is 33.8 Å². The molecule has 4 N–H and O–H groups in total. The van der Waals surface area contributed by atoms with Crippen LogP contribution in [0.5, 0.6) is 5.75 Å². The highest BCUT2D eigenvalue weighted by Crippen LogP contribution is 2.37. The van der Waals surface area contributed by atoms with Crippen LogP contribution in [0.4, 0.5) is 35.0 Å². The number of phenols is 1. The summed E-state index contributed by atoms with van der Waals surface area (Å²) in [5.74, 6) is 0.299. The average Bonchev–Trinajstić information content (AvgIpc) is 2.74. The van der Waals surface area contributed by atoms with Crippen LogP contribution < -0.4 is 15.4 Å². The molecular weight excluding hydrogens is 523 g/mol. The average molecular weight is 544 g/mol. The largest absolute Gasteiger partial charge is 0.506 e. The highest BCUT2D eigenvalue weighted by Gasteiger charge is 2.29. The van der Waals surface area contributed by atoms with Crippen molar-refractivity contribution in [3.63, 3.8) is 0 Å². The predicted octanol–water partition coefficient (Wildman–Crippen LogP) is 6.31. The van der Waals surface area contributed by atoms with E-state index in [0.717, 1.165) is 16.7 Å². The summed E-state index contributed by atoms with van der Waals surface area (Å²) >= 11 is 1.32. The third kappa shape index (κ3) is 9.26. The van der Waals surface area contributed by atoms with Crippen LogP contribution in [-0.4, -0.2) is 31.3 Å². The second-order valence-corrected chi connectivity index (χ2v) is 11.1. The van der Waals surface area contributed by atoms with E-state index in [1.54, 1.807) is 24.3 Å². The molecule has 3 aromatic rings. The minimum absolute atomic E-state index is 0.0686. The summed E-state index contributed by atoms with van der Waals surface area (Å²) in [6.07, 6.45) is 0.939. The Bertz CT molecular complexity index is 1280. The van der Waals surface area contributed by atoms with E-state index in [9.17, 15) is 31.5 Å². The van der Waals surface area contributed by atoms with Crippen LogP contribution in [0.15, 0.2) is 76.5 Å². The molecule has 7 nitrogen and oxygen atoms in total. The Morgan fingerprint density at radius 2 is 1.49 bits per heavy atom. The summed E-state index contributed by atoms with van der Waals surface area (Å²) in [7, 11) is -3.61. The van der Waals surface area contributed by atoms with Crippen molar-refractivity contribution in [1.82, 2.24) is 0 Å². The fourth-order valence-electron chi connectivity index (χ4n) is 2.78. The first-order valence-corrected chi connectivity index (χ1v) is 13.5. The van der Waals surface area contributed by atoms with Crippen molar-refractivity contribution >= 4 is 56.6 Å². The van der Waals surface area contributed by atoms with E-state index in [4.69, 9.17) is 0 Å². The molecule has 0 saturated heterocycles. The number of sulfonamides is 1. The number of hydrogen-bond donors (Lipinski definition) is 4. The molecule has 0 radical (unpaired) electrons.